The Morgan fingerprint density at radius 2 is 1.04 bits per heavy atom. The van der Waals surface area contributed by atoms with Crippen LogP contribution in [0.3, 0.4) is 0 Å². The zero-order valence-electron chi connectivity index (χ0n) is 31.8. The van der Waals surface area contributed by atoms with E-state index in [1.807, 2.05) is 0 Å². The summed E-state index contributed by atoms with van der Waals surface area (Å²) in [5.74, 6) is 6.24. The molecule has 0 aromatic heterocycles. The van der Waals surface area contributed by atoms with Crippen LogP contribution in [0.2, 0.25) is 0 Å². The maximum Gasteiger partial charge on any atom is 0.309 e. The molecule has 0 saturated heterocycles. The van der Waals surface area contributed by atoms with Crippen LogP contribution in [0, 0.1) is 47.3 Å². The predicted octanol–water partition coefficient (Wildman–Crippen LogP) is 12.6. The lowest BCUT2D eigenvalue weighted by atomic mass is 9.68. The van der Waals surface area contributed by atoms with E-state index in [9.17, 15) is 4.79 Å². The highest BCUT2D eigenvalue weighted by Gasteiger charge is 2.36. The lowest BCUT2D eigenvalue weighted by Gasteiger charge is -2.38. The highest BCUT2D eigenvalue weighted by molar-refractivity contribution is 5.72. The fraction of sp³-hybridized carbons (Fsp3) is 0.977. The summed E-state index contributed by atoms with van der Waals surface area (Å²) >= 11 is 0. The largest absolute Gasteiger partial charge is 0.459 e. The summed E-state index contributed by atoms with van der Waals surface area (Å²) in [5, 5.41) is 0. The van der Waals surface area contributed by atoms with E-state index in [1.54, 1.807) is 0 Å². The zero-order chi connectivity index (χ0) is 33.4. The second-order valence-electron chi connectivity index (χ2n) is 17.7. The Balaban J connectivity index is 0.964. The normalized spacial score (nSPS) is 34.5. The molecule has 48 heavy (non-hydrogen) atoms. The summed E-state index contributed by atoms with van der Waals surface area (Å²) in [4.78, 5) is 13.5. The third kappa shape index (κ3) is 12.6. The summed E-state index contributed by atoms with van der Waals surface area (Å²) in [7, 11) is 0. The molecule has 5 fully saturated rings. The van der Waals surface area contributed by atoms with Crippen molar-refractivity contribution in [1.29, 1.82) is 0 Å². The molecular weight excluding hydrogens is 592 g/mol. The van der Waals surface area contributed by atoms with Crippen molar-refractivity contribution in [3.8, 4) is 0 Å². The fourth-order valence-corrected chi connectivity index (χ4v) is 11.1. The van der Waals surface area contributed by atoms with Crippen LogP contribution in [0.15, 0.2) is 0 Å². The van der Waals surface area contributed by atoms with Crippen molar-refractivity contribution in [2.75, 3.05) is 13.4 Å². The first-order valence-corrected chi connectivity index (χ1v) is 22.0. The van der Waals surface area contributed by atoms with Gasteiger partial charge in [-0.3, -0.25) is 4.79 Å². The van der Waals surface area contributed by atoms with Crippen LogP contribution < -0.4 is 0 Å². The molecule has 0 spiro atoms. The van der Waals surface area contributed by atoms with Gasteiger partial charge in [0.15, 0.2) is 0 Å². The van der Waals surface area contributed by atoms with Crippen molar-refractivity contribution in [2.45, 2.75) is 212 Å². The van der Waals surface area contributed by atoms with Gasteiger partial charge < -0.3 is 14.2 Å². The molecule has 5 rings (SSSR count). The van der Waals surface area contributed by atoms with Crippen LogP contribution in [0.25, 0.3) is 0 Å². The molecule has 0 radical (unpaired) electrons. The smallest absolute Gasteiger partial charge is 0.309 e. The van der Waals surface area contributed by atoms with Gasteiger partial charge >= 0.3 is 5.97 Å². The molecule has 1 unspecified atom stereocenters. The first-order chi connectivity index (χ1) is 23.6. The summed E-state index contributed by atoms with van der Waals surface area (Å²) < 4.78 is 18.8. The predicted molar refractivity (Wildman–Crippen MR) is 199 cm³/mol. The van der Waals surface area contributed by atoms with Gasteiger partial charge in [-0.05, 0) is 131 Å². The quantitative estimate of drug-likeness (QED) is 0.0827. The first-order valence-electron chi connectivity index (χ1n) is 22.0. The molecule has 0 aromatic carbocycles. The van der Waals surface area contributed by atoms with Gasteiger partial charge in [0.25, 0.3) is 0 Å². The Kier molecular flexibility index (Phi) is 17.4. The Bertz CT molecular complexity index is 836. The Morgan fingerprint density at radius 3 is 1.54 bits per heavy atom. The number of hydrogen-bond donors (Lipinski definition) is 0. The average molecular weight is 671 g/mol. The fourth-order valence-electron chi connectivity index (χ4n) is 11.1. The Labute approximate surface area is 297 Å². The van der Waals surface area contributed by atoms with Gasteiger partial charge in [-0.2, -0.15) is 0 Å². The number of ether oxygens (including phenoxy) is 3. The molecule has 5 aliphatic carbocycles. The van der Waals surface area contributed by atoms with Gasteiger partial charge in [0.05, 0.1) is 18.6 Å². The standard InChI is InChI=1S/C44H78O4/c1-3-5-8-12-34-16-20-36(21-17-34)38-24-26-41(27-25-38)44(45)48-43(40-14-10-7-11-15-40)32-46-33-47-42-30-28-39(29-31-42)37-22-18-35(19-23-37)13-9-6-4-2/h34-43H,3-33H2,1-2H3. The summed E-state index contributed by atoms with van der Waals surface area (Å²) in [6.45, 7) is 5.49. The van der Waals surface area contributed by atoms with E-state index in [1.165, 1.54) is 173 Å². The molecule has 0 aliphatic heterocycles. The minimum absolute atomic E-state index is 0.0708. The number of carbonyl (C=O) groups is 1. The van der Waals surface area contributed by atoms with E-state index in [0.717, 1.165) is 48.3 Å². The minimum atomic E-state index is -0.102. The summed E-state index contributed by atoms with van der Waals surface area (Å²) in [6, 6.07) is 0. The molecule has 278 valence electrons. The van der Waals surface area contributed by atoms with Crippen LogP contribution in [-0.4, -0.2) is 31.6 Å². The first kappa shape index (κ1) is 38.6. The van der Waals surface area contributed by atoms with Crippen LogP contribution in [0.4, 0.5) is 0 Å². The molecule has 0 N–H and O–H groups in total. The van der Waals surface area contributed by atoms with Crippen LogP contribution in [0.1, 0.15) is 200 Å². The number of carbonyl (C=O) groups excluding carboxylic acids is 1. The molecule has 1 atom stereocenters. The maximum atomic E-state index is 13.5. The second-order valence-corrected chi connectivity index (χ2v) is 17.7. The SMILES string of the molecule is CCCCCC1CCC(C2CCC(OCOCC(OC(=O)C3CCC(C4CCC(CCCCC)CC4)CC3)C3CCCCC3)CC2)CC1. The van der Waals surface area contributed by atoms with Crippen molar-refractivity contribution >= 4 is 5.97 Å². The van der Waals surface area contributed by atoms with E-state index in [0.29, 0.717) is 25.4 Å². The molecule has 5 saturated carbocycles. The van der Waals surface area contributed by atoms with Crippen LogP contribution in [-0.2, 0) is 19.0 Å². The highest BCUT2D eigenvalue weighted by Crippen LogP contribution is 2.44. The third-order valence-corrected chi connectivity index (χ3v) is 14.5. The second kappa shape index (κ2) is 21.7. The molecule has 4 nitrogen and oxygen atoms in total. The maximum absolute atomic E-state index is 13.5. The molecule has 0 amide bonds. The van der Waals surface area contributed by atoms with Gasteiger partial charge in [-0.1, -0.05) is 110 Å². The van der Waals surface area contributed by atoms with E-state index in [-0.39, 0.29) is 18.0 Å². The van der Waals surface area contributed by atoms with Gasteiger partial charge in [0.1, 0.15) is 12.9 Å². The number of esters is 1. The molecule has 4 heteroatoms. The van der Waals surface area contributed by atoms with E-state index in [4.69, 9.17) is 14.2 Å². The van der Waals surface area contributed by atoms with Gasteiger partial charge in [0, 0.05) is 0 Å². The monoisotopic (exact) mass is 671 g/mol. The van der Waals surface area contributed by atoms with Crippen LogP contribution in [0.5, 0.6) is 0 Å². The molecule has 5 aliphatic rings. The Hall–Kier alpha value is -0.610. The molecule has 0 aromatic rings. The Morgan fingerprint density at radius 1 is 0.562 bits per heavy atom. The molecule has 0 bridgehead atoms. The van der Waals surface area contributed by atoms with Gasteiger partial charge in [-0.25, -0.2) is 0 Å². The van der Waals surface area contributed by atoms with Crippen molar-refractivity contribution in [3.63, 3.8) is 0 Å². The van der Waals surface area contributed by atoms with Crippen molar-refractivity contribution < 1.29 is 19.0 Å². The number of unbranched alkanes of at least 4 members (excludes halogenated alkanes) is 4. The number of rotatable bonds is 18. The van der Waals surface area contributed by atoms with Crippen LogP contribution >= 0.6 is 0 Å². The topological polar surface area (TPSA) is 44.8 Å². The highest BCUT2D eigenvalue weighted by atomic mass is 16.7. The van der Waals surface area contributed by atoms with Crippen molar-refractivity contribution in [2.24, 2.45) is 47.3 Å². The van der Waals surface area contributed by atoms with Crippen molar-refractivity contribution in [1.82, 2.24) is 0 Å². The summed E-state index contributed by atoms with van der Waals surface area (Å²) in [6.07, 6.45) is 38.9. The average Bonchev–Trinajstić information content (AvgIpc) is 3.14. The van der Waals surface area contributed by atoms with Gasteiger partial charge in [-0.15, -0.1) is 0 Å². The van der Waals surface area contributed by atoms with E-state index < -0.39 is 0 Å². The molecular formula is C44H78O4. The van der Waals surface area contributed by atoms with Crippen molar-refractivity contribution in [3.05, 3.63) is 0 Å². The lowest BCUT2D eigenvalue weighted by molar-refractivity contribution is -0.170. The summed E-state index contributed by atoms with van der Waals surface area (Å²) in [5.41, 5.74) is 0. The van der Waals surface area contributed by atoms with E-state index in [2.05, 4.69) is 13.8 Å². The molecule has 0 heterocycles. The van der Waals surface area contributed by atoms with E-state index >= 15 is 0 Å². The third-order valence-electron chi connectivity index (χ3n) is 14.5. The minimum Gasteiger partial charge on any atom is -0.459 e. The zero-order valence-corrected chi connectivity index (χ0v) is 31.8. The lowest BCUT2D eigenvalue weighted by Crippen LogP contribution is -2.37. The number of hydrogen-bond acceptors (Lipinski definition) is 4. The van der Waals surface area contributed by atoms with Gasteiger partial charge in [0.2, 0.25) is 0 Å².